The molecule has 0 spiro atoms. The average Bonchev–Trinajstić information content (AvgIpc) is 3.28. The molecule has 2 aromatic rings. The van der Waals surface area contributed by atoms with Crippen LogP contribution in [0, 0.1) is 17.2 Å². The molecule has 0 radical (unpaired) electrons. The summed E-state index contributed by atoms with van der Waals surface area (Å²) in [6, 6.07) is 10.1. The summed E-state index contributed by atoms with van der Waals surface area (Å²) < 4.78 is 5.17. The van der Waals surface area contributed by atoms with E-state index in [1.54, 1.807) is 7.11 Å². The van der Waals surface area contributed by atoms with E-state index in [1.165, 1.54) is 11.3 Å². The maximum atomic E-state index is 12.6. The standard InChI is InChI=1S/C20H22N2O2S/c1-20(2,3)17-11-25-19(16(17)10-21)22-18(23)15-9-14(15)12-5-7-13(24-4)8-6-12/h5-8,11,14-15H,9H2,1-4H3,(H,22,23). The first-order valence-electron chi connectivity index (χ1n) is 8.32. The Morgan fingerprint density at radius 2 is 2.00 bits per heavy atom. The van der Waals surface area contributed by atoms with Crippen LogP contribution in [0.25, 0.3) is 0 Å². The van der Waals surface area contributed by atoms with E-state index in [-0.39, 0.29) is 23.2 Å². The summed E-state index contributed by atoms with van der Waals surface area (Å²) in [5.41, 5.74) is 2.61. The number of ether oxygens (including phenoxy) is 1. The molecule has 1 amide bonds. The lowest BCUT2D eigenvalue weighted by Gasteiger charge is -2.17. The third-order valence-electron chi connectivity index (χ3n) is 4.62. The molecule has 1 aliphatic carbocycles. The minimum absolute atomic E-state index is 0.000345. The number of rotatable bonds is 4. The lowest BCUT2D eigenvalue weighted by atomic mass is 9.86. The molecule has 1 aromatic carbocycles. The SMILES string of the molecule is COc1ccc(C2CC2C(=O)Nc2scc(C(C)(C)C)c2C#N)cc1. The highest BCUT2D eigenvalue weighted by Gasteiger charge is 2.44. The topological polar surface area (TPSA) is 62.1 Å². The number of benzene rings is 1. The molecule has 0 aliphatic heterocycles. The minimum atomic E-state index is -0.115. The van der Waals surface area contributed by atoms with Gasteiger partial charge in [-0.15, -0.1) is 11.3 Å². The van der Waals surface area contributed by atoms with Gasteiger partial charge in [0.1, 0.15) is 16.8 Å². The van der Waals surface area contributed by atoms with Gasteiger partial charge in [0.2, 0.25) is 5.91 Å². The Hall–Kier alpha value is -2.32. The largest absolute Gasteiger partial charge is 0.497 e. The molecule has 1 aliphatic rings. The average molecular weight is 354 g/mol. The van der Waals surface area contributed by atoms with Crippen LogP contribution in [0.1, 0.15) is 49.8 Å². The number of nitrogens with zero attached hydrogens (tertiary/aromatic N) is 1. The molecular formula is C20H22N2O2S. The van der Waals surface area contributed by atoms with Crippen molar-refractivity contribution in [1.82, 2.24) is 0 Å². The van der Waals surface area contributed by atoms with Gasteiger partial charge in [-0.1, -0.05) is 32.9 Å². The van der Waals surface area contributed by atoms with Crippen LogP contribution >= 0.6 is 11.3 Å². The van der Waals surface area contributed by atoms with Crippen LogP contribution in [0.3, 0.4) is 0 Å². The molecule has 130 valence electrons. The summed E-state index contributed by atoms with van der Waals surface area (Å²) in [6.45, 7) is 6.21. The Labute approximate surface area is 152 Å². The van der Waals surface area contributed by atoms with Gasteiger partial charge in [0.05, 0.1) is 12.7 Å². The Morgan fingerprint density at radius 3 is 2.56 bits per heavy atom. The molecule has 1 fully saturated rings. The number of carbonyl (C=O) groups is 1. The van der Waals surface area contributed by atoms with Crippen molar-refractivity contribution in [3.8, 4) is 11.8 Å². The lowest BCUT2D eigenvalue weighted by Crippen LogP contribution is -2.16. The van der Waals surface area contributed by atoms with Crippen molar-refractivity contribution in [2.75, 3.05) is 12.4 Å². The highest BCUT2D eigenvalue weighted by atomic mass is 32.1. The van der Waals surface area contributed by atoms with Gasteiger partial charge in [0.15, 0.2) is 0 Å². The predicted octanol–water partition coefficient (Wildman–Crippen LogP) is 4.67. The summed E-state index contributed by atoms with van der Waals surface area (Å²) in [6.07, 6.45) is 0.845. The molecule has 1 N–H and O–H groups in total. The second kappa shape index (κ2) is 6.53. The summed E-state index contributed by atoms with van der Waals surface area (Å²) in [5, 5.41) is 15.1. The highest BCUT2D eigenvalue weighted by Crippen LogP contribution is 2.48. The zero-order valence-corrected chi connectivity index (χ0v) is 15.7. The fraction of sp³-hybridized carbons (Fsp3) is 0.400. The fourth-order valence-corrected chi connectivity index (χ4v) is 4.16. The molecule has 1 heterocycles. The van der Waals surface area contributed by atoms with Crippen LogP contribution in [0.15, 0.2) is 29.6 Å². The van der Waals surface area contributed by atoms with Gasteiger partial charge in [-0.05, 0) is 46.4 Å². The molecule has 0 bridgehead atoms. The van der Waals surface area contributed by atoms with Crippen LogP contribution in [0.4, 0.5) is 5.00 Å². The lowest BCUT2D eigenvalue weighted by molar-refractivity contribution is -0.117. The number of anilines is 1. The predicted molar refractivity (Wildman–Crippen MR) is 100 cm³/mol. The Morgan fingerprint density at radius 1 is 1.32 bits per heavy atom. The number of nitrogens with one attached hydrogen (secondary N) is 1. The maximum absolute atomic E-state index is 12.6. The number of nitriles is 1. The number of methoxy groups -OCH3 is 1. The van der Waals surface area contributed by atoms with E-state index in [9.17, 15) is 10.1 Å². The molecule has 2 unspecified atom stereocenters. The van der Waals surface area contributed by atoms with E-state index in [4.69, 9.17) is 4.74 Å². The van der Waals surface area contributed by atoms with Crippen molar-refractivity contribution in [2.45, 2.75) is 38.5 Å². The van der Waals surface area contributed by atoms with E-state index >= 15 is 0 Å². The van der Waals surface area contributed by atoms with E-state index in [0.29, 0.717) is 10.6 Å². The van der Waals surface area contributed by atoms with Crippen LogP contribution < -0.4 is 10.1 Å². The molecule has 0 saturated heterocycles. The van der Waals surface area contributed by atoms with Crippen LogP contribution in [0.2, 0.25) is 0 Å². The Bertz CT molecular complexity index is 825. The molecular weight excluding hydrogens is 332 g/mol. The minimum Gasteiger partial charge on any atom is -0.497 e. The first-order valence-corrected chi connectivity index (χ1v) is 9.20. The van der Waals surface area contributed by atoms with Crippen LogP contribution in [0.5, 0.6) is 5.75 Å². The third-order valence-corrected chi connectivity index (χ3v) is 5.51. The fourth-order valence-electron chi connectivity index (χ4n) is 3.02. The number of hydrogen-bond acceptors (Lipinski definition) is 4. The number of carbonyl (C=O) groups excluding carboxylic acids is 1. The maximum Gasteiger partial charge on any atom is 0.228 e. The van der Waals surface area contributed by atoms with E-state index in [2.05, 4.69) is 32.2 Å². The second-order valence-electron chi connectivity index (χ2n) is 7.43. The number of hydrogen-bond donors (Lipinski definition) is 1. The van der Waals surface area contributed by atoms with E-state index < -0.39 is 0 Å². The quantitative estimate of drug-likeness (QED) is 0.868. The smallest absolute Gasteiger partial charge is 0.228 e. The number of amides is 1. The zero-order valence-electron chi connectivity index (χ0n) is 14.9. The van der Waals surface area contributed by atoms with Crippen molar-refractivity contribution >= 4 is 22.2 Å². The van der Waals surface area contributed by atoms with Crippen molar-refractivity contribution in [1.29, 1.82) is 5.26 Å². The molecule has 1 aromatic heterocycles. The molecule has 25 heavy (non-hydrogen) atoms. The van der Waals surface area contributed by atoms with Gasteiger partial charge in [0.25, 0.3) is 0 Å². The van der Waals surface area contributed by atoms with Crippen LogP contribution in [-0.2, 0) is 10.2 Å². The second-order valence-corrected chi connectivity index (χ2v) is 8.31. The van der Waals surface area contributed by atoms with E-state index in [1.807, 2.05) is 29.6 Å². The molecule has 2 atom stereocenters. The highest BCUT2D eigenvalue weighted by molar-refractivity contribution is 7.14. The Kier molecular flexibility index (Phi) is 4.57. The van der Waals surface area contributed by atoms with Crippen molar-refractivity contribution in [2.24, 2.45) is 5.92 Å². The van der Waals surface area contributed by atoms with Gasteiger partial charge in [-0.2, -0.15) is 5.26 Å². The van der Waals surface area contributed by atoms with Gasteiger partial charge >= 0.3 is 0 Å². The first-order chi connectivity index (χ1) is 11.8. The van der Waals surface area contributed by atoms with E-state index in [0.717, 1.165) is 23.3 Å². The summed E-state index contributed by atoms with van der Waals surface area (Å²) in [5.74, 6) is 1.04. The van der Waals surface area contributed by atoms with Gasteiger partial charge in [0, 0.05) is 5.92 Å². The summed E-state index contributed by atoms with van der Waals surface area (Å²) >= 11 is 1.43. The third kappa shape index (κ3) is 3.54. The van der Waals surface area contributed by atoms with Gasteiger partial charge in [-0.3, -0.25) is 4.79 Å². The molecule has 5 heteroatoms. The zero-order chi connectivity index (χ0) is 18.2. The van der Waals surface area contributed by atoms with Crippen molar-refractivity contribution in [3.63, 3.8) is 0 Å². The number of thiophene rings is 1. The molecule has 3 rings (SSSR count). The first kappa shape index (κ1) is 17.5. The molecule has 4 nitrogen and oxygen atoms in total. The molecule has 1 saturated carbocycles. The summed E-state index contributed by atoms with van der Waals surface area (Å²) in [7, 11) is 1.64. The summed E-state index contributed by atoms with van der Waals surface area (Å²) in [4.78, 5) is 12.6. The van der Waals surface area contributed by atoms with Gasteiger partial charge in [-0.25, -0.2) is 0 Å². The van der Waals surface area contributed by atoms with Crippen molar-refractivity contribution < 1.29 is 9.53 Å². The monoisotopic (exact) mass is 354 g/mol. The van der Waals surface area contributed by atoms with Crippen molar-refractivity contribution in [3.05, 3.63) is 46.3 Å². The van der Waals surface area contributed by atoms with Crippen LogP contribution in [-0.4, -0.2) is 13.0 Å². The Balaban J connectivity index is 1.70. The van der Waals surface area contributed by atoms with Gasteiger partial charge < -0.3 is 10.1 Å². The normalized spacial score (nSPS) is 19.2.